The minimum absolute atomic E-state index is 0.0229. The van der Waals surface area contributed by atoms with Gasteiger partial charge in [-0.1, -0.05) is 35.3 Å². The number of hydrogen-bond donors (Lipinski definition) is 1. The standard InChI is InChI=1S/C27H24Cl2N6O2/c1-12(2)34-23-20(32-24(34)17-11-31-27(30-4)33-25(17)37-5)26(36)35-21-13(3)6-9-18(29)19(21)16-10-14(28)7-8-15(16)22(23)35/h6-12,22H,1-5H3,(H,30,31,33). The molecule has 4 heterocycles. The number of amides is 1. The summed E-state index contributed by atoms with van der Waals surface area (Å²) < 4.78 is 7.67. The zero-order valence-corrected chi connectivity index (χ0v) is 22.4. The van der Waals surface area contributed by atoms with Gasteiger partial charge in [0.25, 0.3) is 5.91 Å². The van der Waals surface area contributed by atoms with E-state index in [0.29, 0.717) is 39.0 Å². The van der Waals surface area contributed by atoms with Crippen molar-refractivity contribution < 1.29 is 9.53 Å². The largest absolute Gasteiger partial charge is 0.480 e. The average molecular weight is 535 g/mol. The lowest BCUT2D eigenvalue weighted by Crippen LogP contribution is -2.34. The molecule has 188 valence electrons. The Morgan fingerprint density at radius 1 is 1.11 bits per heavy atom. The SMILES string of the molecule is CNc1ncc(-c2nc3c(n2C(C)C)C2c4ccc(Cl)cc4-c4c(Cl)ccc(C)c4N2C3=O)c(OC)n1. The second-order valence-electron chi connectivity index (χ2n) is 9.40. The van der Waals surface area contributed by atoms with Crippen molar-refractivity contribution >= 4 is 40.7 Å². The predicted molar refractivity (Wildman–Crippen MR) is 145 cm³/mol. The number of nitrogens with one attached hydrogen (secondary N) is 1. The number of hydrogen-bond acceptors (Lipinski definition) is 6. The summed E-state index contributed by atoms with van der Waals surface area (Å²) in [5.74, 6) is 1.20. The zero-order valence-electron chi connectivity index (χ0n) is 20.9. The minimum Gasteiger partial charge on any atom is -0.480 e. The van der Waals surface area contributed by atoms with E-state index in [1.165, 1.54) is 0 Å². The molecule has 2 aliphatic heterocycles. The maximum atomic E-state index is 14.1. The molecule has 4 aromatic rings. The Labute approximate surface area is 224 Å². The monoisotopic (exact) mass is 534 g/mol. The molecule has 0 fully saturated rings. The van der Waals surface area contributed by atoms with Crippen LogP contribution in [-0.2, 0) is 0 Å². The smallest absolute Gasteiger partial charge is 0.279 e. The van der Waals surface area contributed by atoms with E-state index in [0.717, 1.165) is 33.6 Å². The topological polar surface area (TPSA) is 85.2 Å². The van der Waals surface area contributed by atoms with Gasteiger partial charge in [-0.05, 0) is 55.7 Å². The summed E-state index contributed by atoms with van der Waals surface area (Å²) in [4.78, 5) is 29.7. The molecule has 1 unspecified atom stereocenters. The Morgan fingerprint density at radius 3 is 2.59 bits per heavy atom. The first-order chi connectivity index (χ1) is 17.8. The summed E-state index contributed by atoms with van der Waals surface area (Å²) in [5, 5.41) is 4.09. The number of imidazole rings is 1. The highest BCUT2D eigenvalue weighted by atomic mass is 35.5. The molecule has 6 rings (SSSR count). The molecule has 37 heavy (non-hydrogen) atoms. The van der Waals surface area contributed by atoms with Gasteiger partial charge in [0.2, 0.25) is 11.8 Å². The fraction of sp³-hybridized carbons (Fsp3) is 0.259. The molecule has 0 bridgehead atoms. The second-order valence-corrected chi connectivity index (χ2v) is 10.2. The highest BCUT2D eigenvalue weighted by Gasteiger charge is 2.49. The molecule has 0 spiro atoms. The molecule has 2 aromatic heterocycles. The lowest BCUT2D eigenvalue weighted by atomic mass is 9.86. The van der Waals surface area contributed by atoms with Crippen LogP contribution in [-0.4, -0.2) is 39.6 Å². The van der Waals surface area contributed by atoms with Crippen molar-refractivity contribution in [3.05, 3.63) is 69.1 Å². The normalized spacial score (nSPS) is 15.4. The van der Waals surface area contributed by atoms with Crippen LogP contribution in [0, 0.1) is 6.92 Å². The first kappa shape index (κ1) is 23.8. The number of anilines is 2. The maximum absolute atomic E-state index is 14.1. The second kappa shape index (κ2) is 8.46. The van der Waals surface area contributed by atoms with Gasteiger partial charge in [-0.2, -0.15) is 4.98 Å². The van der Waals surface area contributed by atoms with Gasteiger partial charge >= 0.3 is 0 Å². The third-order valence-electron chi connectivity index (χ3n) is 6.96. The highest BCUT2D eigenvalue weighted by Crippen LogP contribution is 2.56. The van der Waals surface area contributed by atoms with E-state index >= 15 is 0 Å². The van der Waals surface area contributed by atoms with Crippen LogP contribution in [0.1, 0.15) is 53.2 Å². The van der Waals surface area contributed by atoms with Crippen LogP contribution in [0.4, 0.5) is 11.6 Å². The van der Waals surface area contributed by atoms with E-state index in [-0.39, 0.29) is 11.9 Å². The number of benzene rings is 2. The average Bonchev–Trinajstić information content (AvgIpc) is 3.41. The molecule has 2 aromatic carbocycles. The minimum atomic E-state index is -0.397. The van der Waals surface area contributed by atoms with E-state index in [2.05, 4.69) is 33.7 Å². The highest BCUT2D eigenvalue weighted by molar-refractivity contribution is 6.35. The first-order valence-electron chi connectivity index (χ1n) is 11.9. The van der Waals surface area contributed by atoms with Crippen LogP contribution >= 0.6 is 23.2 Å². The van der Waals surface area contributed by atoms with E-state index in [4.69, 9.17) is 32.9 Å². The van der Waals surface area contributed by atoms with Gasteiger partial charge in [0, 0.05) is 29.9 Å². The van der Waals surface area contributed by atoms with Crippen LogP contribution in [0.15, 0.2) is 36.5 Å². The van der Waals surface area contributed by atoms with Gasteiger partial charge in [-0.25, -0.2) is 9.97 Å². The summed E-state index contributed by atoms with van der Waals surface area (Å²) in [6.45, 7) is 6.12. The van der Waals surface area contributed by atoms with Gasteiger partial charge in [0.1, 0.15) is 11.9 Å². The quantitative estimate of drug-likeness (QED) is 0.329. The molecule has 1 N–H and O–H groups in total. The Morgan fingerprint density at radius 2 is 1.89 bits per heavy atom. The van der Waals surface area contributed by atoms with Gasteiger partial charge < -0.3 is 14.6 Å². The van der Waals surface area contributed by atoms with Crippen molar-refractivity contribution in [2.45, 2.75) is 32.9 Å². The summed E-state index contributed by atoms with van der Waals surface area (Å²) in [5.41, 5.74) is 6.20. The number of aryl methyl sites for hydroxylation is 1. The van der Waals surface area contributed by atoms with Crippen LogP contribution in [0.5, 0.6) is 5.88 Å². The number of ether oxygens (including phenoxy) is 1. The van der Waals surface area contributed by atoms with Crippen LogP contribution in [0.2, 0.25) is 10.0 Å². The lowest BCUT2D eigenvalue weighted by Gasteiger charge is -2.36. The summed E-state index contributed by atoms with van der Waals surface area (Å²) in [7, 11) is 3.29. The molecule has 1 atom stereocenters. The third kappa shape index (κ3) is 3.29. The Balaban J connectivity index is 1.66. The Hall–Kier alpha value is -3.62. The van der Waals surface area contributed by atoms with Crippen molar-refractivity contribution in [2.75, 3.05) is 24.4 Å². The van der Waals surface area contributed by atoms with Crippen LogP contribution < -0.4 is 15.0 Å². The number of aromatic nitrogens is 4. The van der Waals surface area contributed by atoms with Gasteiger partial charge in [-0.15, -0.1) is 0 Å². The number of halogens is 2. The third-order valence-corrected chi connectivity index (χ3v) is 7.51. The van der Waals surface area contributed by atoms with Crippen molar-refractivity contribution in [2.24, 2.45) is 0 Å². The number of rotatable bonds is 4. The van der Waals surface area contributed by atoms with E-state index in [1.54, 1.807) is 20.4 Å². The number of fused-ring (bicyclic) bond motifs is 8. The molecular formula is C27H24Cl2N6O2. The lowest BCUT2D eigenvalue weighted by molar-refractivity contribution is 0.0989. The van der Waals surface area contributed by atoms with Crippen molar-refractivity contribution in [1.29, 1.82) is 0 Å². The zero-order chi connectivity index (χ0) is 26.2. The Bertz CT molecular complexity index is 1610. The molecule has 2 aliphatic rings. The molecule has 8 nitrogen and oxygen atoms in total. The predicted octanol–water partition coefficient (Wildman–Crippen LogP) is 6.32. The van der Waals surface area contributed by atoms with Crippen LogP contribution in [0.25, 0.3) is 22.5 Å². The fourth-order valence-electron chi connectivity index (χ4n) is 5.46. The van der Waals surface area contributed by atoms with Gasteiger partial charge in [0.15, 0.2) is 5.69 Å². The fourth-order valence-corrected chi connectivity index (χ4v) is 5.89. The van der Waals surface area contributed by atoms with Gasteiger partial charge in [-0.3, -0.25) is 9.69 Å². The number of carbonyl (C=O) groups is 1. The number of nitrogens with zero attached hydrogens (tertiary/aromatic N) is 5. The van der Waals surface area contributed by atoms with Gasteiger partial charge in [0.05, 0.1) is 29.1 Å². The van der Waals surface area contributed by atoms with E-state index < -0.39 is 6.04 Å². The van der Waals surface area contributed by atoms with Crippen molar-refractivity contribution in [1.82, 2.24) is 19.5 Å². The molecular weight excluding hydrogens is 511 g/mol. The van der Waals surface area contributed by atoms with Crippen LogP contribution in [0.3, 0.4) is 0 Å². The molecule has 10 heteroatoms. The molecule has 1 amide bonds. The van der Waals surface area contributed by atoms with Crippen molar-refractivity contribution in [3.8, 4) is 28.4 Å². The van der Waals surface area contributed by atoms with Crippen molar-refractivity contribution in [3.63, 3.8) is 0 Å². The number of methoxy groups -OCH3 is 1. The summed E-state index contributed by atoms with van der Waals surface area (Å²) >= 11 is 13.2. The molecule has 0 aliphatic carbocycles. The van der Waals surface area contributed by atoms with E-state index in [1.807, 2.05) is 42.2 Å². The molecule has 0 saturated heterocycles. The molecule has 0 saturated carbocycles. The first-order valence-corrected chi connectivity index (χ1v) is 12.7. The van der Waals surface area contributed by atoms with E-state index in [9.17, 15) is 4.79 Å². The Kier molecular flexibility index (Phi) is 5.43. The molecule has 0 radical (unpaired) electrons. The summed E-state index contributed by atoms with van der Waals surface area (Å²) in [6.07, 6.45) is 1.67. The maximum Gasteiger partial charge on any atom is 0.279 e. The summed E-state index contributed by atoms with van der Waals surface area (Å²) in [6, 6.07) is 9.12. The number of carbonyl (C=O) groups excluding carboxylic acids is 1.